The number of benzene rings is 1. The van der Waals surface area contributed by atoms with Crippen LogP contribution < -0.4 is 9.62 Å². The molecule has 15 heteroatoms. The van der Waals surface area contributed by atoms with E-state index in [9.17, 15) is 26.4 Å². The lowest BCUT2D eigenvalue weighted by Gasteiger charge is -2.34. The van der Waals surface area contributed by atoms with Gasteiger partial charge in [-0.2, -0.15) is 13.2 Å². The summed E-state index contributed by atoms with van der Waals surface area (Å²) >= 11 is 0.816. The van der Waals surface area contributed by atoms with Crippen LogP contribution in [0, 0.1) is 0 Å². The third kappa shape index (κ3) is 7.10. The average Bonchev–Trinajstić information content (AvgIpc) is 3.22. The van der Waals surface area contributed by atoms with Gasteiger partial charge in [0, 0.05) is 18.8 Å². The number of nitrogens with one attached hydrogen (secondary N) is 1. The van der Waals surface area contributed by atoms with Crippen molar-refractivity contribution >= 4 is 49.5 Å². The molecule has 0 aliphatic carbocycles. The molecule has 35 heavy (non-hydrogen) atoms. The van der Waals surface area contributed by atoms with Crippen LogP contribution in [0.1, 0.15) is 49.0 Å². The van der Waals surface area contributed by atoms with Crippen LogP contribution in [0.25, 0.3) is 0 Å². The monoisotopic (exact) mass is 534 g/mol. The van der Waals surface area contributed by atoms with Crippen molar-refractivity contribution in [2.24, 2.45) is 10.2 Å². The summed E-state index contributed by atoms with van der Waals surface area (Å²) in [4.78, 5) is 14.0. The number of carbonyl (C=O) groups is 1. The largest absolute Gasteiger partial charge is 0.457 e. The fourth-order valence-electron chi connectivity index (χ4n) is 3.28. The zero-order valence-corrected chi connectivity index (χ0v) is 21.1. The van der Waals surface area contributed by atoms with Crippen molar-refractivity contribution in [3.05, 3.63) is 22.7 Å². The van der Waals surface area contributed by atoms with E-state index >= 15 is 0 Å². The Morgan fingerprint density at radius 2 is 2.06 bits per heavy atom. The summed E-state index contributed by atoms with van der Waals surface area (Å²) in [5, 5.41) is 15.4. The Morgan fingerprint density at radius 1 is 1.34 bits per heavy atom. The molecule has 1 N–H and O–H groups in total. The molecule has 2 aromatic rings. The number of azo groups is 1. The topological polar surface area (TPSA) is 126 Å². The van der Waals surface area contributed by atoms with Crippen LogP contribution in [0.4, 0.5) is 35.4 Å². The van der Waals surface area contributed by atoms with E-state index in [1.54, 1.807) is 13.0 Å². The second kappa shape index (κ2) is 10.4. The van der Waals surface area contributed by atoms with Crippen molar-refractivity contribution in [2.45, 2.75) is 58.4 Å². The second-order valence-electron chi connectivity index (χ2n) is 8.19. The van der Waals surface area contributed by atoms with E-state index < -0.39 is 27.9 Å². The first-order valence-corrected chi connectivity index (χ1v) is 13.2. The molecule has 2 unspecified atom stereocenters. The van der Waals surface area contributed by atoms with Crippen molar-refractivity contribution in [1.82, 2.24) is 10.2 Å². The van der Waals surface area contributed by atoms with Gasteiger partial charge in [0.15, 0.2) is 5.75 Å². The van der Waals surface area contributed by atoms with Gasteiger partial charge in [-0.1, -0.05) is 18.3 Å². The van der Waals surface area contributed by atoms with Gasteiger partial charge in [-0.25, -0.2) is 13.2 Å². The molecule has 1 aromatic carbocycles. The van der Waals surface area contributed by atoms with Crippen LogP contribution in [0.2, 0.25) is 0 Å². The molecule has 0 saturated heterocycles. The van der Waals surface area contributed by atoms with E-state index in [0.29, 0.717) is 18.5 Å². The number of halogens is 3. The van der Waals surface area contributed by atoms with Crippen molar-refractivity contribution in [3.8, 4) is 0 Å². The van der Waals surface area contributed by atoms with Gasteiger partial charge < -0.3 is 9.64 Å². The lowest BCUT2D eigenvalue weighted by Crippen LogP contribution is -2.33. The molecule has 0 bridgehead atoms. The molecular formula is C20H25F3N6O4S2. The molecule has 192 valence electrons. The smallest absolute Gasteiger partial charge is 0.404 e. The van der Waals surface area contributed by atoms with Crippen molar-refractivity contribution in [3.63, 3.8) is 0 Å². The summed E-state index contributed by atoms with van der Waals surface area (Å²) in [6.45, 7) is 5.58. The number of hydrogen-bond acceptors (Lipinski definition) is 10. The first kappa shape index (κ1) is 26.8. The lowest BCUT2D eigenvalue weighted by atomic mass is 9.96. The predicted octanol–water partition coefficient (Wildman–Crippen LogP) is 4.98. The first-order chi connectivity index (χ1) is 16.3. The number of ether oxygens (including phenoxy) is 1. The molecule has 10 nitrogen and oxygen atoms in total. The molecule has 0 spiro atoms. The maximum absolute atomic E-state index is 12.8. The van der Waals surface area contributed by atoms with Crippen LogP contribution in [0.15, 0.2) is 22.4 Å². The summed E-state index contributed by atoms with van der Waals surface area (Å²) in [5.41, 5.74) is 1.38. The number of esters is 1. The fraction of sp³-hybridized carbons (Fsp3) is 0.550. The molecule has 1 aliphatic rings. The Hall–Kier alpha value is -2.81. The number of rotatable bonds is 8. The number of alkyl halides is 3. The summed E-state index contributed by atoms with van der Waals surface area (Å²) in [7, 11) is -2.94. The van der Waals surface area contributed by atoms with Gasteiger partial charge in [-0.05, 0) is 50.8 Å². The lowest BCUT2D eigenvalue weighted by molar-refractivity contribution is -0.106. The Morgan fingerprint density at radius 3 is 2.71 bits per heavy atom. The number of fused-ring (bicyclic) bond motifs is 1. The van der Waals surface area contributed by atoms with Gasteiger partial charge in [0.1, 0.15) is 5.69 Å². The number of nitrogens with zero attached hydrogens (tertiary/aromatic N) is 5. The normalized spacial score (nSPS) is 17.3. The Kier molecular flexibility index (Phi) is 7.99. The van der Waals surface area contributed by atoms with Gasteiger partial charge in [-0.3, -0.25) is 4.72 Å². The van der Waals surface area contributed by atoms with Gasteiger partial charge in [0.25, 0.3) is 5.13 Å². The maximum Gasteiger partial charge on any atom is 0.404 e. The van der Waals surface area contributed by atoms with E-state index in [0.717, 1.165) is 23.3 Å². The van der Waals surface area contributed by atoms with E-state index in [4.69, 9.17) is 4.74 Å². The number of sulfonamides is 1. The number of anilines is 2. The Balaban J connectivity index is 1.93. The van der Waals surface area contributed by atoms with E-state index in [2.05, 4.69) is 20.4 Å². The zero-order chi connectivity index (χ0) is 26.0. The minimum Gasteiger partial charge on any atom is -0.457 e. The third-order valence-corrected chi connectivity index (χ3v) is 7.43. The molecule has 0 radical (unpaired) electrons. The molecule has 0 amide bonds. The number of aryl methyl sites for hydroxylation is 1. The summed E-state index contributed by atoms with van der Waals surface area (Å²) in [5.74, 6) is -2.71. The molecule has 1 aliphatic heterocycles. The Bertz CT molecular complexity index is 1220. The van der Waals surface area contributed by atoms with Crippen LogP contribution in [-0.4, -0.2) is 55.7 Å². The Labute approximate surface area is 204 Å². The SMILES string of the molecule is CCC(C)OC(=O)c1nnc(N=Nc2cc3c(cc2NS(=O)(=O)CC(F)(F)F)N(C)C(C)CC3)s1. The van der Waals surface area contributed by atoms with E-state index in [1.165, 1.54) is 6.07 Å². The molecule has 0 fully saturated rings. The summed E-state index contributed by atoms with van der Waals surface area (Å²) in [6.07, 6.45) is -3.10. The van der Waals surface area contributed by atoms with Gasteiger partial charge >= 0.3 is 12.1 Å². The summed E-state index contributed by atoms with van der Waals surface area (Å²) < 4.78 is 69.8. The summed E-state index contributed by atoms with van der Waals surface area (Å²) in [6, 6.07) is 3.18. The number of hydrogen-bond donors (Lipinski definition) is 1. The van der Waals surface area contributed by atoms with Crippen LogP contribution in [0.5, 0.6) is 0 Å². The molecule has 2 heterocycles. The van der Waals surface area contributed by atoms with Gasteiger partial charge in [0.2, 0.25) is 15.0 Å². The fourth-order valence-corrected chi connectivity index (χ4v) is 4.83. The second-order valence-corrected chi connectivity index (χ2v) is 10.9. The number of aromatic nitrogens is 2. The molecule has 2 atom stereocenters. The highest BCUT2D eigenvalue weighted by molar-refractivity contribution is 7.92. The first-order valence-electron chi connectivity index (χ1n) is 10.7. The highest BCUT2D eigenvalue weighted by Crippen LogP contribution is 2.39. The van der Waals surface area contributed by atoms with Crippen LogP contribution in [0.3, 0.4) is 0 Å². The molecular weight excluding hydrogens is 509 g/mol. The minimum atomic E-state index is -4.92. The maximum atomic E-state index is 12.8. The third-order valence-electron chi connectivity index (χ3n) is 5.40. The van der Waals surface area contributed by atoms with E-state index in [-0.39, 0.29) is 33.7 Å². The minimum absolute atomic E-state index is 0.00587. The van der Waals surface area contributed by atoms with Crippen LogP contribution >= 0.6 is 11.3 Å². The quantitative estimate of drug-likeness (QED) is 0.374. The van der Waals surface area contributed by atoms with Crippen molar-refractivity contribution < 1.29 is 31.1 Å². The van der Waals surface area contributed by atoms with Crippen LogP contribution in [-0.2, 0) is 21.2 Å². The van der Waals surface area contributed by atoms with Gasteiger partial charge in [-0.15, -0.1) is 20.4 Å². The molecule has 1 aromatic heterocycles. The van der Waals surface area contributed by atoms with Crippen molar-refractivity contribution in [2.75, 3.05) is 22.4 Å². The standard InChI is InChI=1S/C20H25F3N6O4S2/c1-5-12(3)33-18(30)17-25-27-19(34-17)26-24-14-8-13-7-6-11(2)29(4)16(13)9-15(14)28-35(31,32)10-20(21,22)23/h8-9,11-12,28H,5-7,10H2,1-4H3. The van der Waals surface area contributed by atoms with Gasteiger partial charge in [0.05, 0.1) is 11.8 Å². The molecule has 0 saturated carbocycles. The number of carbonyl (C=O) groups excluding carboxylic acids is 1. The zero-order valence-electron chi connectivity index (χ0n) is 19.5. The van der Waals surface area contributed by atoms with Crippen molar-refractivity contribution in [1.29, 1.82) is 0 Å². The predicted molar refractivity (Wildman–Crippen MR) is 125 cm³/mol. The highest BCUT2D eigenvalue weighted by atomic mass is 32.2. The molecule has 3 rings (SSSR count). The van der Waals surface area contributed by atoms with E-state index in [1.807, 2.05) is 30.5 Å². The highest BCUT2D eigenvalue weighted by Gasteiger charge is 2.36. The average molecular weight is 535 g/mol.